The van der Waals surface area contributed by atoms with E-state index in [9.17, 15) is 4.57 Å². The Kier molecular flexibility index (Phi) is 2.48. The molecule has 0 aliphatic rings. The minimum Gasteiger partial charge on any atom is -0.321 e. The van der Waals surface area contributed by atoms with Crippen LogP contribution in [-0.2, 0) is 4.57 Å². The first-order valence-electron chi connectivity index (χ1n) is 3.33. The molecule has 0 saturated heterocycles. The van der Waals surface area contributed by atoms with Crippen molar-refractivity contribution in [1.29, 1.82) is 0 Å². The lowest BCUT2D eigenvalue weighted by Crippen LogP contribution is -2.06. The first-order chi connectivity index (χ1) is 5.55. The van der Waals surface area contributed by atoms with Crippen molar-refractivity contribution in [1.82, 2.24) is 0 Å². The van der Waals surface area contributed by atoms with Gasteiger partial charge in [0.2, 0.25) is 0 Å². The van der Waals surface area contributed by atoms with Gasteiger partial charge in [0.25, 0.3) is 0 Å². The highest BCUT2D eigenvalue weighted by molar-refractivity contribution is 7.60. The Hall–Kier alpha value is -0.890. The molecule has 0 saturated carbocycles. The SMILES string of the molecule is C=Cc1ccccc1P(=O)(O)O. The molecule has 0 aliphatic carbocycles. The monoisotopic (exact) mass is 184 g/mol. The van der Waals surface area contributed by atoms with E-state index in [0.717, 1.165) is 0 Å². The van der Waals surface area contributed by atoms with Gasteiger partial charge in [-0.1, -0.05) is 30.9 Å². The largest absolute Gasteiger partial charge is 0.356 e. The Bertz CT molecular complexity index is 340. The van der Waals surface area contributed by atoms with Crippen molar-refractivity contribution in [3.05, 3.63) is 36.4 Å². The molecule has 0 atom stereocenters. The van der Waals surface area contributed by atoms with E-state index >= 15 is 0 Å². The van der Waals surface area contributed by atoms with Crippen LogP contribution in [0, 0.1) is 0 Å². The molecule has 0 bridgehead atoms. The molecule has 0 unspecified atom stereocenters. The molecule has 0 amide bonds. The van der Waals surface area contributed by atoms with Crippen LogP contribution in [0.2, 0.25) is 0 Å². The summed E-state index contributed by atoms with van der Waals surface area (Å²) in [6.45, 7) is 3.46. The van der Waals surface area contributed by atoms with Crippen LogP contribution in [0.5, 0.6) is 0 Å². The van der Waals surface area contributed by atoms with Gasteiger partial charge in [-0.15, -0.1) is 0 Å². The summed E-state index contributed by atoms with van der Waals surface area (Å²) in [4.78, 5) is 17.7. The van der Waals surface area contributed by atoms with Crippen LogP contribution < -0.4 is 5.30 Å². The van der Waals surface area contributed by atoms with E-state index < -0.39 is 7.60 Å². The zero-order valence-electron chi connectivity index (χ0n) is 6.34. The fourth-order valence-electron chi connectivity index (χ4n) is 0.925. The van der Waals surface area contributed by atoms with Crippen LogP contribution in [0.15, 0.2) is 30.8 Å². The predicted octanol–water partition coefficient (Wildman–Crippen LogP) is 1.13. The second kappa shape index (κ2) is 3.23. The summed E-state index contributed by atoms with van der Waals surface area (Å²) >= 11 is 0. The van der Waals surface area contributed by atoms with Crippen LogP contribution in [0.1, 0.15) is 5.56 Å². The summed E-state index contributed by atoms with van der Waals surface area (Å²) in [5.74, 6) is 0. The summed E-state index contributed by atoms with van der Waals surface area (Å²) in [6.07, 6.45) is 1.43. The maximum absolute atomic E-state index is 10.9. The van der Waals surface area contributed by atoms with Crippen molar-refractivity contribution in [2.45, 2.75) is 0 Å². The molecule has 0 aliphatic heterocycles. The van der Waals surface area contributed by atoms with Gasteiger partial charge in [0.1, 0.15) is 0 Å². The van der Waals surface area contributed by atoms with Crippen molar-refractivity contribution in [3.63, 3.8) is 0 Å². The quantitative estimate of drug-likeness (QED) is 0.677. The number of benzene rings is 1. The summed E-state index contributed by atoms with van der Waals surface area (Å²) in [5.41, 5.74) is 0.478. The van der Waals surface area contributed by atoms with Crippen LogP contribution in [0.3, 0.4) is 0 Å². The Morgan fingerprint density at radius 3 is 2.33 bits per heavy atom. The van der Waals surface area contributed by atoms with E-state index in [2.05, 4.69) is 6.58 Å². The third-order valence-corrected chi connectivity index (χ3v) is 2.51. The molecule has 3 nitrogen and oxygen atoms in total. The summed E-state index contributed by atoms with van der Waals surface area (Å²) in [7, 11) is -4.14. The van der Waals surface area contributed by atoms with Crippen LogP contribution in [0.25, 0.3) is 6.08 Å². The first kappa shape index (κ1) is 9.20. The van der Waals surface area contributed by atoms with E-state index in [-0.39, 0.29) is 5.30 Å². The molecule has 4 heteroatoms. The Balaban J connectivity index is 3.33. The molecule has 0 radical (unpaired) electrons. The highest BCUT2D eigenvalue weighted by Crippen LogP contribution is 2.34. The molecule has 0 fully saturated rings. The van der Waals surface area contributed by atoms with Crippen molar-refractivity contribution in [3.8, 4) is 0 Å². The standard InChI is InChI=1S/C8H9O3P/c1-2-7-5-3-4-6-8(7)12(9,10)11/h2-6H,1H2,(H2,9,10,11). The van der Waals surface area contributed by atoms with Crippen LogP contribution in [-0.4, -0.2) is 9.79 Å². The molecule has 64 valence electrons. The summed E-state index contributed by atoms with van der Waals surface area (Å²) < 4.78 is 10.9. The lowest BCUT2D eigenvalue weighted by molar-refractivity contribution is 0.387. The van der Waals surface area contributed by atoms with Gasteiger partial charge >= 0.3 is 7.60 Å². The predicted molar refractivity (Wildman–Crippen MR) is 48.2 cm³/mol. The lowest BCUT2D eigenvalue weighted by atomic mass is 10.2. The van der Waals surface area contributed by atoms with Gasteiger partial charge in [0, 0.05) is 0 Å². The van der Waals surface area contributed by atoms with Crippen LogP contribution >= 0.6 is 7.60 Å². The van der Waals surface area contributed by atoms with E-state index in [0.29, 0.717) is 5.56 Å². The van der Waals surface area contributed by atoms with Crippen molar-refractivity contribution in [2.75, 3.05) is 0 Å². The number of hydrogen-bond donors (Lipinski definition) is 2. The second-order valence-corrected chi connectivity index (χ2v) is 3.88. The van der Waals surface area contributed by atoms with Gasteiger partial charge in [-0.25, -0.2) is 0 Å². The summed E-state index contributed by atoms with van der Waals surface area (Å²) in [5, 5.41) is 0.0278. The zero-order chi connectivity index (χ0) is 9.19. The molecule has 0 heterocycles. The Morgan fingerprint density at radius 2 is 1.92 bits per heavy atom. The minimum absolute atomic E-state index is 0.0278. The van der Waals surface area contributed by atoms with Gasteiger partial charge < -0.3 is 9.79 Å². The van der Waals surface area contributed by atoms with Gasteiger partial charge in [0.15, 0.2) is 0 Å². The highest BCUT2D eigenvalue weighted by Gasteiger charge is 2.18. The second-order valence-electron chi connectivity index (χ2n) is 2.31. The first-order valence-corrected chi connectivity index (χ1v) is 4.94. The van der Waals surface area contributed by atoms with Crippen LogP contribution in [0.4, 0.5) is 0 Å². The lowest BCUT2D eigenvalue weighted by Gasteiger charge is -2.06. The molecule has 1 rings (SSSR count). The minimum atomic E-state index is -4.14. The van der Waals surface area contributed by atoms with Gasteiger partial charge in [0.05, 0.1) is 5.30 Å². The van der Waals surface area contributed by atoms with E-state index in [1.807, 2.05) is 0 Å². The fraction of sp³-hybridized carbons (Fsp3) is 0. The van der Waals surface area contributed by atoms with Crippen molar-refractivity contribution >= 4 is 19.0 Å². The average molecular weight is 184 g/mol. The Labute approximate surface area is 70.5 Å². The third-order valence-electron chi connectivity index (χ3n) is 1.47. The third kappa shape index (κ3) is 1.83. The maximum atomic E-state index is 10.9. The van der Waals surface area contributed by atoms with E-state index in [1.165, 1.54) is 12.1 Å². The van der Waals surface area contributed by atoms with E-state index in [4.69, 9.17) is 9.79 Å². The molecule has 12 heavy (non-hydrogen) atoms. The van der Waals surface area contributed by atoms with Crippen molar-refractivity contribution in [2.24, 2.45) is 0 Å². The topological polar surface area (TPSA) is 57.5 Å². The van der Waals surface area contributed by atoms with Gasteiger partial charge in [-0.3, -0.25) is 4.57 Å². The normalized spacial score (nSPS) is 11.2. The highest BCUT2D eigenvalue weighted by atomic mass is 31.2. The number of rotatable bonds is 2. The number of hydrogen-bond acceptors (Lipinski definition) is 1. The van der Waals surface area contributed by atoms with E-state index in [1.54, 1.807) is 18.2 Å². The molecule has 0 spiro atoms. The molecule has 0 aromatic heterocycles. The molecule has 1 aromatic carbocycles. The molecule has 2 N–H and O–H groups in total. The molecular weight excluding hydrogens is 175 g/mol. The molecule has 1 aromatic rings. The average Bonchev–Trinajstić information content (AvgIpc) is 2.03. The Morgan fingerprint density at radius 1 is 1.33 bits per heavy atom. The van der Waals surface area contributed by atoms with Crippen molar-refractivity contribution < 1.29 is 14.4 Å². The zero-order valence-corrected chi connectivity index (χ0v) is 7.24. The van der Waals surface area contributed by atoms with Gasteiger partial charge in [-0.2, -0.15) is 0 Å². The summed E-state index contributed by atoms with van der Waals surface area (Å²) in [6, 6.07) is 6.30. The molecular formula is C8H9O3P. The maximum Gasteiger partial charge on any atom is 0.356 e. The fourth-order valence-corrected chi connectivity index (χ4v) is 1.71. The smallest absolute Gasteiger partial charge is 0.321 e. The van der Waals surface area contributed by atoms with Gasteiger partial charge in [-0.05, 0) is 11.6 Å².